The van der Waals surface area contributed by atoms with Crippen LogP contribution in [-0.2, 0) is 0 Å². The molecule has 0 amide bonds. The molecule has 20 heavy (non-hydrogen) atoms. The van der Waals surface area contributed by atoms with Crippen LogP contribution in [0.2, 0.25) is 0 Å². The zero-order valence-corrected chi connectivity index (χ0v) is 11.1. The molecule has 3 aromatic heterocycles. The van der Waals surface area contributed by atoms with Crippen LogP contribution in [0.5, 0.6) is 0 Å². The van der Waals surface area contributed by atoms with E-state index < -0.39 is 0 Å². The quantitative estimate of drug-likeness (QED) is 0.734. The van der Waals surface area contributed by atoms with Gasteiger partial charge in [-0.3, -0.25) is 0 Å². The minimum atomic E-state index is 0.231. The summed E-state index contributed by atoms with van der Waals surface area (Å²) in [6, 6.07) is 4.90. The normalized spacial score (nSPS) is 23.1. The van der Waals surface area contributed by atoms with Crippen LogP contribution < -0.4 is 0 Å². The number of imidazole rings is 1. The first-order valence-corrected chi connectivity index (χ1v) is 7.05. The molecule has 1 fully saturated rings. The third kappa shape index (κ3) is 1.61. The van der Waals surface area contributed by atoms with Crippen molar-refractivity contribution in [1.82, 2.24) is 19.5 Å². The van der Waals surface area contributed by atoms with E-state index in [2.05, 4.69) is 31.7 Å². The van der Waals surface area contributed by atoms with Crippen molar-refractivity contribution >= 4 is 22.1 Å². The number of H-pyrrole nitrogens is 1. The Kier molecular flexibility index (Phi) is 2.49. The van der Waals surface area contributed by atoms with Gasteiger partial charge in [-0.2, -0.15) is 5.26 Å². The molecule has 1 saturated carbocycles. The Morgan fingerprint density at radius 1 is 1.25 bits per heavy atom. The highest BCUT2D eigenvalue weighted by Gasteiger charge is 2.23. The summed E-state index contributed by atoms with van der Waals surface area (Å²) in [6.07, 6.45) is 9.75. The van der Waals surface area contributed by atoms with Crippen LogP contribution in [-0.4, -0.2) is 19.5 Å². The van der Waals surface area contributed by atoms with Crippen molar-refractivity contribution in [1.29, 1.82) is 5.26 Å². The monoisotopic (exact) mass is 265 g/mol. The average molecular weight is 265 g/mol. The van der Waals surface area contributed by atoms with Gasteiger partial charge in [0.2, 0.25) is 0 Å². The van der Waals surface area contributed by atoms with Crippen LogP contribution in [0.4, 0.5) is 0 Å². The van der Waals surface area contributed by atoms with Gasteiger partial charge in [0, 0.05) is 23.5 Å². The van der Waals surface area contributed by atoms with Crippen LogP contribution in [0.15, 0.2) is 24.8 Å². The van der Waals surface area contributed by atoms with Crippen molar-refractivity contribution in [2.75, 3.05) is 0 Å². The molecule has 0 saturated heterocycles. The number of nitriles is 1. The number of hydrogen-bond acceptors (Lipinski definition) is 3. The molecule has 100 valence electrons. The number of fused-ring (bicyclic) bond motifs is 3. The van der Waals surface area contributed by atoms with Gasteiger partial charge in [0.15, 0.2) is 0 Å². The Morgan fingerprint density at radius 3 is 2.90 bits per heavy atom. The highest BCUT2D eigenvalue weighted by Crippen LogP contribution is 2.35. The molecule has 0 aromatic carbocycles. The highest BCUT2D eigenvalue weighted by atomic mass is 15.1. The lowest BCUT2D eigenvalue weighted by molar-refractivity contribution is 0.318. The Hall–Kier alpha value is -2.35. The number of aromatic amines is 1. The van der Waals surface area contributed by atoms with E-state index in [9.17, 15) is 0 Å². The molecule has 1 aliphatic rings. The van der Waals surface area contributed by atoms with E-state index in [1.807, 2.05) is 18.7 Å². The standard InChI is InChI=1S/C15H15N5/c16-7-10-1-3-11(4-2-10)20-9-19-13-8-18-15-12(14(13)20)5-6-17-15/h5-6,8-11H,1-4H2,(H,17,18). The Morgan fingerprint density at radius 2 is 2.10 bits per heavy atom. The van der Waals surface area contributed by atoms with Gasteiger partial charge in [0.1, 0.15) is 11.2 Å². The second-order valence-corrected chi connectivity index (χ2v) is 5.52. The molecule has 3 heterocycles. The van der Waals surface area contributed by atoms with Gasteiger partial charge in [0.25, 0.3) is 0 Å². The first-order chi connectivity index (χ1) is 9.86. The third-order valence-corrected chi connectivity index (χ3v) is 4.39. The maximum absolute atomic E-state index is 9.01. The van der Waals surface area contributed by atoms with Crippen LogP contribution in [0.25, 0.3) is 22.1 Å². The second kappa shape index (κ2) is 4.34. The van der Waals surface area contributed by atoms with Gasteiger partial charge in [-0.1, -0.05) is 0 Å². The molecule has 1 aliphatic carbocycles. The molecular formula is C15H15N5. The largest absolute Gasteiger partial charge is 0.346 e. The fraction of sp³-hybridized carbons (Fsp3) is 0.400. The summed E-state index contributed by atoms with van der Waals surface area (Å²) in [4.78, 5) is 12.0. The zero-order valence-electron chi connectivity index (χ0n) is 11.1. The maximum atomic E-state index is 9.01. The van der Waals surface area contributed by atoms with E-state index in [1.54, 1.807) is 0 Å². The molecule has 5 nitrogen and oxygen atoms in total. The maximum Gasteiger partial charge on any atom is 0.139 e. The lowest BCUT2D eigenvalue weighted by Crippen LogP contribution is -2.16. The van der Waals surface area contributed by atoms with Crippen molar-refractivity contribution in [2.24, 2.45) is 5.92 Å². The average Bonchev–Trinajstić information content (AvgIpc) is 3.13. The van der Waals surface area contributed by atoms with Crippen molar-refractivity contribution in [2.45, 2.75) is 31.7 Å². The van der Waals surface area contributed by atoms with Crippen molar-refractivity contribution in [3.8, 4) is 6.07 Å². The van der Waals surface area contributed by atoms with Crippen molar-refractivity contribution in [3.05, 3.63) is 24.8 Å². The van der Waals surface area contributed by atoms with Gasteiger partial charge < -0.3 is 9.55 Å². The summed E-state index contributed by atoms with van der Waals surface area (Å²) in [5.41, 5.74) is 3.01. The summed E-state index contributed by atoms with van der Waals surface area (Å²) in [5.74, 6) is 0.231. The summed E-state index contributed by atoms with van der Waals surface area (Å²) in [7, 11) is 0. The molecule has 0 atom stereocenters. The van der Waals surface area contributed by atoms with Gasteiger partial charge in [-0.25, -0.2) is 9.97 Å². The predicted molar refractivity (Wildman–Crippen MR) is 76.0 cm³/mol. The number of aromatic nitrogens is 4. The van der Waals surface area contributed by atoms with E-state index in [0.717, 1.165) is 47.8 Å². The van der Waals surface area contributed by atoms with E-state index in [1.165, 1.54) is 0 Å². The van der Waals surface area contributed by atoms with Gasteiger partial charge in [-0.15, -0.1) is 0 Å². The summed E-state index contributed by atoms with van der Waals surface area (Å²) in [5, 5.41) is 10.1. The SMILES string of the molecule is N#CC1CCC(n2cnc3cnc4[nH]ccc4c32)CC1. The molecule has 3 aromatic rings. The lowest BCUT2D eigenvalue weighted by atomic mass is 9.87. The summed E-state index contributed by atoms with van der Waals surface area (Å²) in [6.45, 7) is 0. The zero-order chi connectivity index (χ0) is 13.5. The molecule has 4 rings (SSSR count). The molecule has 0 aliphatic heterocycles. The van der Waals surface area contributed by atoms with Gasteiger partial charge in [0.05, 0.1) is 24.1 Å². The van der Waals surface area contributed by atoms with E-state index in [0.29, 0.717) is 6.04 Å². The van der Waals surface area contributed by atoms with E-state index in [4.69, 9.17) is 5.26 Å². The van der Waals surface area contributed by atoms with Crippen LogP contribution >= 0.6 is 0 Å². The van der Waals surface area contributed by atoms with E-state index >= 15 is 0 Å². The van der Waals surface area contributed by atoms with Crippen LogP contribution in [0.1, 0.15) is 31.7 Å². The number of pyridine rings is 1. The number of nitrogens with one attached hydrogen (secondary N) is 1. The molecular weight excluding hydrogens is 250 g/mol. The second-order valence-electron chi connectivity index (χ2n) is 5.52. The Labute approximate surface area is 116 Å². The van der Waals surface area contributed by atoms with E-state index in [-0.39, 0.29) is 5.92 Å². The minimum Gasteiger partial charge on any atom is -0.346 e. The van der Waals surface area contributed by atoms with Crippen molar-refractivity contribution in [3.63, 3.8) is 0 Å². The number of hydrogen-bond donors (Lipinski definition) is 1. The van der Waals surface area contributed by atoms with Crippen molar-refractivity contribution < 1.29 is 0 Å². The van der Waals surface area contributed by atoms with Gasteiger partial charge >= 0.3 is 0 Å². The number of nitrogens with zero attached hydrogens (tertiary/aromatic N) is 4. The predicted octanol–water partition coefficient (Wildman–Crippen LogP) is 3.17. The fourth-order valence-electron chi connectivity index (χ4n) is 3.29. The fourth-order valence-corrected chi connectivity index (χ4v) is 3.29. The molecule has 0 spiro atoms. The first-order valence-electron chi connectivity index (χ1n) is 7.05. The van der Waals surface area contributed by atoms with Crippen LogP contribution in [0, 0.1) is 17.2 Å². The van der Waals surface area contributed by atoms with Crippen LogP contribution in [0.3, 0.4) is 0 Å². The third-order valence-electron chi connectivity index (χ3n) is 4.39. The Bertz CT molecular complexity index is 798. The molecule has 0 radical (unpaired) electrons. The molecule has 0 unspecified atom stereocenters. The first kappa shape index (κ1) is 11.5. The highest BCUT2D eigenvalue weighted by molar-refractivity contribution is 6.00. The Balaban J connectivity index is 1.80. The smallest absolute Gasteiger partial charge is 0.139 e. The van der Waals surface area contributed by atoms with Gasteiger partial charge in [-0.05, 0) is 31.7 Å². The minimum absolute atomic E-state index is 0.231. The topological polar surface area (TPSA) is 70.3 Å². The summed E-state index contributed by atoms with van der Waals surface area (Å²) < 4.78 is 2.28. The molecule has 0 bridgehead atoms. The molecule has 1 N–H and O–H groups in total. The lowest BCUT2D eigenvalue weighted by Gasteiger charge is -2.26. The number of rotatable bonds is 1. The molecule has 5 heteroatoms. The summed E-state index contributed by atoms with van der Waals surface area (Å²) >= 11 is 0.